The van der Waals surface area contributed by atoms with E-state index in [1.165, 1.54) is 31.0 Å². The van der Waals surface area contributed by atoms with E-state index in [1.807, 2.05) is 5.48 Å². The number of nitrogens with one attached hydrogen (secondary N) is 1. The van der Waals surface area contributed by atoms with Gasteiger partial charge in [-0.15, -0.1) is 5.10 Å². The van der Waals surface area contributed by atoms with E-state index >= 15 is 0 Å². The number of ether oxygens (including phenoxy) is 3. The van der Waals surface area contributed by atoms with Gasteiger partial charge in [-0.1, -0.05) is 23.4 Å². The summed E-state index contributed by atoms with van der Waals surface area (Å²) in [5, 5.41) is 26.7. The second-order valence-corrected chi connectivity index (χ2v) is 6.65. The number of benzene rings is 2. The Balaban J connectivity index is 2.03. The highest BCUT2D eigenvalue weighted by Crippen LogP contribution is 2.27. The molecule has 0 fully saturated rings. The zero-order valence-corrected chi connectivity index (χ0v) is 17.6. The van der Waals surface area contributed by atoms with E-state index in [0.29, 0.717) is 11.3 Å². The molecule has 1 heterocycles. The highest BCUT2D eigenvalue weighted by atomic mass is 16.7. The van der Waals surface area contributed by atoms with Crippen molar-refractivity contribution in [1.82, 2.24) is 15.0 Å². The number of carbonyl (C=O) groups is 2. The van der Waals surface area contributed by atoms with Crippen LogP contribution in [0.25, 0.3) is 0 Å². The molecule has 0 atom stereocenters. The molecular formula is C21H22N4O7. The molecule has 0 aliphatic carbocycles. The summed E-state index contributed by atoms with van der Waals surface area (Å²) < 4.78 is 16.7. The molecule has 0 saturated heterocycles. The Morgan fingerprint density at radius 3 is 2.34 bits per heavy atom. The lowest BCUT2D eigenvalue weighted by Gasteiger charge is -2.16. The first-order valence-electron chi connectivity index (χ1n) is 9.37. The van der Waals surface area contributed by atoms with Crippen molar-refractivity contribution in [2.24, 2.45) is 0 Å². The molecule has 0 aliphatic rings. The number of rotatable bonds is 10. The van der Waals surface area contributed by atoms with Gasteiger partial charge in [0.1, 0.15) is 11.4 Å². The lowest BCUT2D eigenvalue weighted by atomic mass is 10.0. The fourth-order valence-corrected chi connectivity index (χ4v) is 3.19. The van der Waals surface area contributed by atoms with Gasteiger partial charge in [0.15, 0.2) is 6.29 Å². The molecule has 3 aromatic rings. The molecule has 2 aromatic carbocycles. The van der Waals surface area contributed by atoms with Crippen molar-refractivity contribution in [3.05, 3.63) is 70.5 Å². The van der Waals surface area contributed by atoms with Crippen LogP contribution in [-0.2, 0) is 16.0 Å². The summed E-state index contributed by atoms with van der Waals surface area (Å²) in [4.78, 5) is 25.0. The van der Waals surface area contributed by atoms with E-state index in [2.05, 4.69) is 10.3 Å². The van der Waals surface area contributed by atoms with Gasteiger partial charge in [-0.2, -0.15) is 0 Å². The van der Waals surface area contributed by atoms with E-state index < -0.39 is 23.7 Å². The van der Waals surface area contributed by atoms with Crippen molar-refractivity contribution in [3.63, 3.8) is 0 Å². The minimum absolute atomic E-state index is 0.0167. The largest absolute Gasteiger partial charge is 0.497 e. The lowest BCUT2D eigenvalue weighted by Crippen LogP contribution is -2.17. The van der Waals surface area contributed by atoms with E-state index in [-0.39, 0.29) is 23.5 Å². The van der Waals surface area contributed by atoms with Crippen molar-refractivity contribution >= 4 is 17.4 Å². The average Bonchev–Trinajstić information content (AvgIpc) is 3.23. The van der Waals surface area contributed by atoms with E-state index in [9.17, 15) is 19.9 Å². The van der Waals surface area contributed by atoms with Crippen molar-refractivity contribution in [1.29, 1.82) is 0 Å². The Kier molecular flexibility index (Phi) is 7.15. The number of carbonyl (C=O) groups excluding carboxylic acids is 1. The van der Waals surface area contributed by atoms with Crippen molar-refractivity contribution in [3.8, 4) is 5.75 Å². The second kappa shape index (κ2) is 10.0. The molecule has 168 valence electrons. The molecule has 32 heavy (non-hydrogen) atoms. The fraction of sp³-hybridized carbons (Fsp3) is 0.238. The van der Waals surface area contributed by atoms with Crippen LogP contribution in [0.1, 0.15) is 44.0 Å². The molecule has 11 heteroatoms. The number of hydrogen-bond donors (Lipinski definition) is 3. The van der Waals surface area contributed by atoms with Gasteiger partial charge in [-0.05, 0) is 29.8 Å². The van der Waals surface area contributed by atoms with Gasteiger partial charge in [0.2, 0.25) is 11.5 Å². The maximum absolute atomic E-state index is 13.3. The fourth-order valence-electron chi connectivity index (χ4n) is 3.19. The van der Waals surface area contributed by atoms with Gasteiger partial charge in [0, 0.05) is 25.3 Å². The average molecular weight is 442 g/mol. The van der Waals surface area contributed by atoms with Crippen molar-refractivity contribution in [2.75, 3.05) is 26.8 Å². The number of aromatic nitrogens is 3. The Morgan fingerprint density at radius 1 is 1.09 bits per heavy atom. The third kappa shape index (κ3) is 4.59. The normalized spacial score (nSPS) is 10.9. The molecular weight excluding hydrogens is 420 g/mol. The molecule has 3 N–H and O–H groups in total. The number of anilines is 1. The molecule has 0 saturated carbocycles. The summed E-state index contributed by atoms with van der Waals surface area (Å²) in [5.41, 5.74) is 2.59. The molecule has 3 rings (SSSR count). The van der Waals surface area contributed by atoms with E-state index in [1.54, 1.807) is 37.4 Å². The van der Waals surface area contributed by atoms with Crippen molar-refractivity contribution in [2.45, 2.75) is 12.8 Å². The van der Waals surface area contributed by atoms with Crippen molar-refractivity contribution < 1.29 is 34.1 Å². The molecule has 0 aliphatic heterocycles. The third-order valence-electron chi connectivity index (χ3n) is 4.75. The van der Waals surface area contributed by atoms with Crippen LogP contribution >= 0.6 is 0 Å². The first kappa shape index (κ1) is 22.9. The maximum atomic E-state index is 13.3. The number of carboxylic acid groups (broad SMARTS) is 1. The predicted octanol–water partition coefficient (Wildman–Crippen LogP) is 2.36. The Bertz CT molecular complexity index is 1110. The number of methoxy groups -OCH3 is 3. The van der Waals surface area contributed by atoms with Gasteiger partial charge in [-0.25, -0.2) is 9.48 Å². The molecule has 0 radical (unpaired) electrons. The van der Waals surface area contributed by atoms with Crippen LogP contribution in [0.4, 0.5) is 5.69 Å². The number of hydrogen-bond acceptors (Lipinski definition) is 9. The van der Waals surface area contributed by atoms with Crippen LogP contribution in [0.2, 0.25) is 0 Å². The zero-order valence-electron chi connectivity index (χ0n) is 17.6. The molecule has 0 spiro atoms. The summed E-state index contributed by atoms with van der Waals surface area (Å²) >= 11 is 0. The SMILES string of the molecule is COc1ccc(Cn2nnc(C(=O)O)c2C(=O)c2ccc(C(OC)OC)cc2NO)cc1. The number of aromatic carboxylic acids is 1. The Morgan fingerprint density at radius 2 is 1.78 bits per heavy atom. The quantitative estimate of drug-likeness (QED) is 0.243. The maximum Gasteiger partial charge on any atom is 0.358 e. The number of ketones is 1. The minimum atomic E-state index is -1.40. The van der Waals surface area contributed by atoms with Crippen LogP contribution in [0.3, 0.4) is 0 Å². The molecule has 1 aromatic heterocycles. The van der Waals surface area contributed by atoms with Gasteiger partial charge in [0.25, 0.3) is 0 Å². The standard InChI is InChI=1S/C21H22N4O7/c1-30-14-7-4-12(5-8-14)11-25-18(17(20(27)28)22-24-25)19(26)15-9-6-13(10-16(15)23-29)21(31-2)32-3/h4-10,21,23,29H,11H2,1-3H3,(H,27,28). The lowest BCUT2D eigenvalue weighted by molar-refractivity contribution is -0.106. The first-order valence-corrected chi connectivity index (χ1v) is 9.37. The Labute approximate surface area is 183 Å². The van der Waals surface area contributed by atoms with Crippen LogP contribution in [0, 0.1) is 0 Å². The van der Waals surface area contributed by atoms with Gasteiger partial charge >= 0.3 is 5.97 Å². The summed E-state index contributed by atoms with van der Waals surface area (Å²) in [6.07, 6.45) is -0.719. The van der Waals surface area contributed by atoms with Crippen LogP contribution in [0.15, 0.2) is 42.5 Å². The summed E-state index contributed by atoms with van der Waals surface area (Å²) in [6.45, 7) is 0.0980. The van der Waals surface area contributed by atoms with Gasteiger partial charge in [0.05, 0.1) is 19.3 Å². The number of nitrogens with zero attached hydrogens (tertiary/aromatic N) is 3. The van der Waals surface area contributed by atoms with Crippen LogP contribution in [0.5, 0.6) is 5.75 Å². The van der Waals surface area contributed by atoms with E-state index in [4.69, 9.17) is 14.2 Å². The molecule has 0 bridgehead atoms. The van der Waals surface area contributed by atoms with Crippen LogP contribution < -0.4 is 10.2 Å². The summed E-state index contributed by atoms with van der Waals surface area (Å²) in [6, 6.07) is 11.5. The minimum Gasteiger partial charge on any atom is -0.497 e. The Hall–Kier alpha value is -3.80. The summed E-state index contributed by atoms with van der Waals surface area (Å²) in [5.74, 6) is -1.43. The van der Waals surface area contributed by atoms with Crippen LogP contribution in [-0.4, -0.2) is 58.4 Å². The second-order valence-electron chi connectivity index (χ2n) is 6.65. The first-order chi connectivity index (χ1) is 15.4. The third-order valence-corrected chi connectivity index (χ3v) is 4.75. The topological polar surface area (TPSA) is 145 Å². The highest BCUT2D eigenvalue weighted by Gasteiger charge is 2.28. The zero-order chi connectivity index (χ0) is 23.3. The smallest absolute Gasteiger partial charge is 0.358 e. The van der Waals surface area contributed by atoms with Gasteiger partial charge < -0.3 is 19.3 Å². The predicted molar refractivity (Wildman–Crippen MR) is 111 cm³/mol. The van der Waals surface area contributed by atoms with E-state index in [0.717, 1.165) is 5.56 Å². The monoisotopic (exact) mass is 442 g/mol. The summed E-state index contributed by atoms with van der Waals surface area (Å²) in [7, 11) is 4.44. The highest BCUT2D eigenvalue weighted by molar-refractivity contribution is 6.15. The molecule has 11 nitrogen and oxygen atoms in total. The molecule has 0 unspecified atom stereocenters. The molecule has 0 amide bonds. The van der Waals surface area contributed by atoms with Gasteiger partial charge in [-0.3, -0.25) is 15.5 Å². The number of carboxylic acids is 1.